The van der Waals surface area contributed by atoms with Gasteiger partial charge in [-0.05, 0) is 30.2 Å². The van der Waals surface area contributed by atoms with E-state index in [4.69, 9.17) is 9.47 Å². The first-order chi connectivity index (χ1) is 14.4. The van der Waals surface area contributed by atoms with Gasteiger partial charge in [0.2, 0.25) is 5.91 Å². The van der Waals surface area contributed by atoms with Gasteiger partial charge in [0.05, 0.1) is 38.3 Å². The van der Waals surface area contributed by atoms with Crippen molar-refractivity contribution in [2.45, 2.75) is 18.5 Å². The lowest BCUT2D eigenvalue weighted by Crippen LogP contribution is -2.62. The summed E-state index contributed by atoms with van der Waals surface area (Å²) in [5, 5.41) is 0. The Labute approximate surface area is 177 Å². The SMILES string of the molecule is COc1cccc(N2C(=O)CN(CCc3ccccc3OC)C3CS(=O)(=O)CC32)c1. The molecular formula is C22H26N2O5S. The molecule has 0 aromatic heterocycles. The summed E-state index contributed by atoms with van der Waals surface area (Å²) in [6.45, 7) is 0.776. The number of nitrogens with zero attached hydrogens (tertiary/aromatic N) is 2. The van der Waals surface area contributed by atoms with E-state index in [-0.39, 0.29) is 30.0 Å². The number of methoxy groups -OCH3 is 2. The Bertz CT molecular complexity index is 1040. The molecule has 2 aliphatic heterocycles. The lowest BCUT2D eigenvalue weighted by molar-refractivity contribution is -0.123. The highest BCUT2D eigenvalue weighted by Gasteiger charge is 2.49. The van der Waals surface area contributed by atoms with E-state index in [0.717, 1.165) is 11.3 Å². The molecule has 30 heavy (non-hydrogen) atoms. The van der Waals surface area contributed by atoms with Gasteiger partial charge >= 0.3 is 0 Å². The lowest BCUT2D eigenvalue weighted by atomic mass is 10.0. The molecule has 2 saturated heterocycles. The van der Waals surface area contributed by atoms with Crippen LogP contribution < -0.4 is 14.4 Å². The Kier molecular flexibility index (Phi) is 5.71. The van der Waals surface area contributed by atoms with E-state index in [0.29, 0.717) is 24.4 Å². The highest BCUT2D eigenvalue weighted by Crippen LogP contribution is 2.33. The number of anilines is 1. The molecule has 0 bridgehead atoms. The van der Waals surface area contributed by atoms with Gasteiger partial charge in [-0.25, -0.2) is 8.42 Å². The Morgan fingerprint density at radius 1 is 1.00 bits per heavy atom. The van der Waals surface area contributed by atoms with E-state index in [2.05, 4.69) is 0 Å². The molecule has 2 fully saturated rings. The molecule has 0 saturated carbocycles. The molecule has 2 aromatic carbocycles. The summed E-state index contributed by atoms with van der Waals surface area (Å²) in [7, 11) is -0.0263. The summed E-state index contributed by atoms with van der Waals surface area (Å²) in [6.07, 6.45) is 0.680. The number of ether oxygens (including phenoxy) is 2. The fourth-order valence-corrected chi connectivity index (χ4v) is 6.45. The number of hydrogen-bond acceptors (Lipinski definition) is 6. The third-order valence-electron chi connectivity index (χ3n) is 5.89. The topological polar surface area (TPSA) is 76.2 Å². The number of benzene rings is 2. The summed E-state index contributed by atoms with van der Waals surface area (Å²) < 4.78 is 35.7. The largest absolute Gasteiger partial charge is 0.497 e. The zero-order valence-electron chi connectivity index (χ0n) is 17.2. The van der Waals surface area contributed by atoms with Crippen LogP contribution in [0, 0.1) is 0 Å². The lowest BCUT2D eigenvalue weighted by Gasteiger charge is -2.43. The van der Waals surface area contributed by atoms with Crippen LogP contribution in [-0.2, 0) is 21.1 Å². The molecule has 7 nitrogen and oxygen atoms in total. The van der Waals surface area contributed by atoms with Crippen molar-refractivity contribution in [1.29, 1.82) is 0 Å². The zero-order valence-corrected chi connectivity index (χ0v) is 18.0. The van der Waals surface area contributed by atoms with Crippen molar-refractivity contribution >= 4 is 21.4 Å². The summed E-state index contributed by atoms with van der Waals surface area (Å²) in [6, 6.07) is 14.4. The van der Waals surface area contributed by atoms with Gasteiger partial charge in [0.1, 0.15) is 11.5 Å². The van der Waals surface area contributed by atoms with Crippen LogP contribution in [0.2, 0.25) is 0 Å². The van der Waals surface area contributed by atoms with Crippen LogP contribution in [0.5, 0.6) is 11.5 Å². The average Bonchev–Trinajstić information content (AvgIpc) is 3.07. The standard InChI is InChI=1S/C22H26N2O5S/c1-28-18-8-5-7-17(12-18)24-20-15-30(26,27)14-19(20)23(13-22(24)25)11-10-16-6-3-4-9-21(16)29-2/h3-9,12,19-20H,10-11,13-15H2,1-2H3. The third-order valence-corrected chi connectivity index (χ3v) is 7.59. The fraction of sp³-hybridized carbons (Fsp3) is 0.409. The molecule has 0 N–H and O–H groups in total. The minimum absolute atomic E-state index is 0.0220. The van der Waals surface area contributed by atoms with Crippen molar-refractivity contribution in [3.63, 3.8) is 0 Å². The summed E-state index contributed by atoms with van der Waals surface area (Å²) in [5.74, 6) is 1.38. The second kappa shape index (κ2) is 8.28. The van der Waals surface area contributed by atoms with Crippen molar-refractivity contribution < 1.29 is 22.7 Å². The quantitative estimate of drug-likeness (QED) is 0.695. The molecule has 0 aliphatic carbocycles. The van der Waals surface area contributed by atoms with Gasteiger partial charge in [0.15, 0.2) is 9.84 Å². The molecule has 160 valence electrons. The second-order valence-electron chi connectivity index (χ2n) is 7.71. The highest BCUT2D eigenvalue weighted by atomic mass is 32.2. The molecule has 1 amide bonds. The van der Waals surface area contributed by atoms with Crippen LogP contribution in [0.3, 0.4) is 0 Å². The first kappa shape index (κ1) is 20.7. The predicted molar refractivity (Wildman–Crippen MR) is 115 cm³/mol. The smallest absolute Gasteiger partial charge is 0.241 e. The van der Waals surface area contributed by atoms with Crippen molar-refractivity contribution in [2.75, 3.05) is 43.7 Å². The molecule has 2 aliphatic rings. The van der Waals surface area contributed by atoms with Gasteiger partial charge in [-0.3, -0.25) is 9.69 Å². The van der Waals surface area contributed by atoms with Crippen molar-refractivity contribution in [2.24, 2.45) is 0 Å². The minimum atomic E-state index is -3.23. The monoisotopic (exact) mass is 430 g/mol. The Morgan fingerprint density at radius 3 is 2.53 bits per heavy atom. The number of carbonyl (C=O) groups excluding carboxylic acids is 1. The van der Waals surface area contributed by atoms with E-state index in [9.17, 15) is 13.2 Å². The summed E-state index contributed by atoms with van der Waals surface area (Å²) >= 11 is 0. The Morgan fingerprint density at radius 2 is 1.77 bits per heavy atom. The van der Waals surface area contributed by atoms with Crippen LogP contribution in [0.4, 0.5) is 5.69 Å². The number of fused-ring (bicyclic) bond motifs is 1. The maximum absolute atomic E-state index is 13.1. The van der Waals surface area contributed by atoms with Crippen LogP contribution in [0.25, 0.3) is 0 Å². The Hall–Kier alpha value is -2.58. The molecule has 2 atom stereocenters. The van der Waals surface area contributed by atoms with Gasteiger partial charge in [0.25, 0.3) is 0 Å². The average molecular weight is 431 g/mol. The van der Waals surface area contributed by atoms with E-state index in [1.165, 1.54) is 0 Å². The third kappa shape index (κ3) is 4.02. The Balaban J connectivity index is 1.59. The van der Waals surface area contributed by atoms with Crippen LogP contribution in [0.1, 0.15) is 5.56 Å². The first-order valence-corrected chi connectivity index (χ1v) is 11.8. The maximum Gasteiger partial charge on any atom is 0.241 e. The summed E-state index contributed by atoms with van der Waals surface area (Å²) in [5.41, 5.74) is 1.72. The molecule has 2 unspecified atom stereocenters. The fourth-order valence-electron chi connectivity index (χ4n) is 4.47. The number of rotatable bonds is 6. The van der Waals surface area contributed by atoms with Crippen molar-refractivity contribution in [3.05, 3.63) is 54.1 Å². The van der Waals surface area contributed by atoms with Gasteiger partial charge in [-0.15, -0.1) is 0 Å². The maximum atomic E-state index is 13.1. The van der Waals surface area contributed by atoms with Crippen LogP contribution >= 0.6 is 0 Å². The van der Waals surface area contributed by atoms with Gasteiger partial charge in [-0.1, -0.05) is 24.3 Å². The number of piperazine rings is 1. The molecule has 0 spiro atoms. The molecule has 2 heterocycles. The van der Waals surface area contributed by atoms with E-state index < -0.39 is 15.9 Å². The van der Waals surface area contributed by atoms with Crippen LogP contribution in [-0.4, -0.2) is 70.1 Å². The van der Waals surface area contributed by atoms with Crippen molar-refractivity contribution in [3.8, 4) is 11.5 Å². The molecular weight excluding hydrogens is 404 g/mol. The number of carbonyl (C=O) groups is 1. The number of amides is 1. The number of sulfone groups is 1. The van der Waals surface area contributed by atoms with E-state index in [1.807, 2.05) is 41.3 Å². The highest BCUT2D eigenvalue weighted by molar-refractivity contribution is 7.91. The van der Waals surface area contributed by atoms with E-state index in [1.54, 1.807) is 31.3 Å². The number of hydrogen-bond donors (Lipinski definition) is 0. The molecule has 0 radical (unpaired) electrons. The zero-order chi connectivity index (χ0) is 21.3. The summed E-state index contributed by atoms with van der Waals surface area (Å²) in [4.78, 5) is 16.8. The van der Waals surface area contributed by atoms with Gasteiger partial charge in [0, 0.05) is 24.3 Å². The van der Waals surface area contributed by atoms with Gasteiger partial charge in [-0.2, -0.15) is 0 Å². The minimum Gasteiger partial charge on any atom is -0.497 e. The second-order valence-corrected chi connectivity index (χ2v) is 9.86. The van der Waals surface area contributed by atoms with Crippen LogP contribution in [0.15, 0.2) is 48.5 Å². The number of para-hydroxylation sites is 1. The van der Waals surface area contributed by atoms with E-state index >= 15 is 0 Å². The first-order valence-electron chi connectivity index (χ1n) is 9.94. The molecule has 4 rings (SSSR count). The normalized spacial score (nSPS) is 23.3. The van der Waals surface area contributed by atoms with Gasteiger partial charge < -0.3 is 14.4 Å². The molecule has 8 heteroatoms. The predicted octanol–water partition coefficient (Wildman–Crippen LogP) is 1.76. The molecule has 2 aromatic rings. The van der Waals surface area contributed by atoms with Crippen molar-refractivity contribution in [1.82, 2.24) is 4.90 Å².